The molecule has 0 aliphatic rings. The molecule has 20 rings (SSSR count). The van der Waals surface area contributed by atoms with Crippen LogP contribution >= 0.6 is 34.3 Å². The zero-order valence-corrected chi connectivity index (χ0v) is 66.1. The van der Waals surface area contributed by atoms with Crippen LogP contribution in [0.5, 0.6) is 0 Å². The summed E-state index contributed by atoms with van der Waals surface area (Å²) in [6, 6.07) is 54.0. The first-order valence-electron chi connectivity index (χ1n) is 36.8. The number of aromatic amines is 3. The number of benzene rings is 10. The normalized spacial score (nSPS) is 11.1. The summed E-state index contributed by atoms with van der Waals surface area (Å²) in [5, 5.41) is 2.71. The Morgan fingerprint density at radius 1 is 0.261 bits per heavy atom. The van der Waals surface area contributed by atoms with E-state index in [0.29, 0.717) is 50.4 Å². The molecule has 0 saturated heterocycles. The maximum atomic E-state index is 13.6. The number of aromatic nitrogens is 18. The van der Waals surface area contributed by atoms with Crippen LogP contribution in [0.15, 0.2) is 250 Å². The van der Waals surface area contributed by atoms with E-state index in [1.54, 1.807) is 129 Å². The van der Waals surface area contributed by atoms with Crippen molar-refractivity contribution < 1.29 is 30.7 Å². The van der Waals surface area contributed by atoms with E-state index < -0.39 is 29.1 Å². The van der Waals surface area contributed by atoms with Gasteiger partial charge in [-0.3, -0.25) is 49.8 Å². The summed E-state index contributed by atoms with van der Waals surface area (Å²) in [7, 11) is 0. The first kappa shape index (κ1) is 78.5. The second-order valence-electron chi connectivity index (χ2n) is 27.1. The van der Waals surface area contributed by atoms with E-state index in [1.807, 2.05) is 125 Å². The Morgan fingerprint density at radius 2 is 0.580 bits per heavy atom. The van der Waals surface area contributed by atoms with Crippen molar-refractivity contribution in [3.63, 3.8) is 0 Å². The van der Waals surface area contributed by atoms with E-state index in [1.165, 1.54) is 24.3 Å². The van der Waals surface area contributed by atoms with Crippen LogP contribution in [0.2, 0.25) is 5.02 Å². The molecule has 0 fully saturated rings. The van der Waals surface area contributed by atoms with Crippen molar-refractivity contribution in [2.24, 2.45) is 0 Å². The number of thiazole rings is 2. The molecule has 0 saturated carbocycles. The molecule has 584 valence electrons. The fourth-order valence-corrected chi connectivity index (χ4v) is 15.4. The van der Waals surface area contributed by atoms with Gasteiger partial charge in [0.05, 0.1) is 120 Å². The molecule has 0 bridgehead atoms. The van der Waals surface area contributed by atoms with Gasteiger partial charge in [-0.05, 0) is 204 Å². The minimum atomic E-state index is -1.50. The summed E-state index contributed by atoms with van der Waals surface area (Å²) in [4.78, 5) is 77.4. The molecule has 10 aromatic heterocycles. The van der Waals surface area contributed by atoms with Crippen LogP contribution in [0.25, 0.3) is 166 Å². The van der Waals surface area contributed by atoms with Crippen LogP contribution in [0, 0.1) is 82.3 Å². The molecule has 20 aromatic rings. The molecule has 119 heavy (non-hydrogen) atoms. The molecule has 0 unspecified atom stereocenters. The van der Waals surface area contributed by atoms with Crippen LogP contribution in [0.4, 0.5) is 30.7 Å². The van der Waals surface area contributed by atoms with Gasteiger partial charge < -0.3 is 15.0 Å². The summed E-state index contributed by atoms with van der Waals surface area (Å²) >= 11 is 9.44. The molecule has 10 aromatic carbocycles. The van der Waals surface area contributed by atoms with Crippen molar-refractivity contribution in [1.82, 2.24) is 89.7 Å². The maximum absolute atomic E-state index is 13.6. The molecule has 0 radical (unpaired) electrons. The lowest BCUT2D eigenvalue weighted by Gasteiger charge is -2.06. The van der Waals surface area contributed by atoms with E-state index in [4.69, 9.17) is 16.6 Å². The van der Waals surface area contributed by atoms with Gasteiger partial charge in [0.15, 0.2) is 29.1 Å². The van der Waals surface area contributed by atoms with Crippen molar-refractivity contribution in [2.75, 3.05) is 0 Å². The zero-order chi connectivity index (χ0) is 82.5. The van der Waals surface area contributed by atoms with E-state index in [0.717, 1.165) is 172 Å². The minimum absolute atomic E-state index is 0.148. The Kier molecular flexibility index (Phi) is 22.5. The topological polar surface area (TPSA) is 241 Å². The molecule has 0 atom stereocenters. The highest BCUT2D eigenvalue weighted by Crippen LogP contribution is 2.42. The van der Waals surface area contributed by atoms with E-state index in [2.05, 4.69) is 96.9 Å². The third-order valence-electron chi connectivity index (χ3n) is 18.8. The number of nitrogens with one attached hydrogen (secondary N) is 3. The maximum Gasteiger partial charge on any atom is 0.194 e. The first-order chi connectivity index (χ1) is 57.7. The highest BCUT2D eigenvalue weighted by molar-refractivity contribution is 7.16. The molecule has 0 aliphatic carbocycles. The zero-order valence-electron chi connectivity index (χ0n) is 63.7. The van der Waals surface area contributed by atoms with Gasteiger partial charge in [-0.2, -0.15) is 0 Å². The summed E-state index contributed by atoms with van der Waals surface area (Å²) in [5.41, 5.74) is 22.6. The number of nitrogens with zero attached hydrogens (tertiary/aromatic N) is 15. The monoisotopic (exact) mass is 1640 g/mol. The molecule has 10 heterocycles. The van der Waals surface area contributed by atoms with Crippen LogP contribution in [-0.2, 0) is 0 Å². The summed E-state index contributed by atoms with van der Waals surface area (Å²) in [6.07, 6.45) is 16.6. The van der Waals surface area contributed by atoms with E-state index in [-0.39, 0.29) is 17.2 Å². The summed E-state index contributed by atoms with van der Waals surface area (Å²) in [5.74, 6) is -4.20. The molecule has 3 N–H and O–H groups in total. The van der Waals surface area contributed by atoms with Crippen LogP contribution in [0.3, 0.4) is 0 Å². The van der Waals surface area contributed by atoms with Crippen LogP contribution in [-0.4, -0.2) is 89.7 Å². The average Bonchev–Trinajstić information content (AvgIpc) is 1.71. The Bertz CT molecular complexity index is 7000. The Labute approximate surface area is 687 Å². The number of H-pyrrole nitrogens is 3. The minimum Gasteiger partial charge on any atom is -0.342 e. The van der Waals surface area contributed by atoms with Gasteiger partial charge >= 0.3 is 0 Å². The molecule has 28 heteroatoms. The smallest absolute Gasteiger partial charge is 0.194 e. The predicted octanol–water partition coefficient (Wildman–Crippen LogP) is 23.4. The SMILES string of the molecule is Cc1nc(-c2cc(F)c(F)c(F)c2)c(-c2ccc3nccnc3c2)[nH]1.Cc1nc(-c2ccc(F)c(C)c2)c(-c2ccc3nccnc3c2)s1.Cc1nc(-c2ccc(F)c(F)c2)c(-c2ccc3nccnc3c2)[nH]1.Cc1nc(-c2ccc3nccnc3c2)c(-c2ccc(F)cc2)[nH]1.Cc1nc(-c2cccc(Cl)c2)c(-c2ccc3nccnc3c2)s1. The van der Waals surface area contributed by atoms with Crippen molar-refractivity contribution in [2.45, 2.75) is 41.5 Å². The number of aryl methyl sites for hydroxylation is 6. The van der Waals surface area contributed by atoms with Gasteiger partial charge in [-0.1, -0.05) is 54.1 Å². The Balaban J connectivity index is 0.000000111. The van der Waals surface area contributed by atoms with E-state index in [9.17, 15) is 30.7 Å². The van der Waals surface area contributed by atoms with Gasteiger partial charge in [-0.15, -0.1) is 22.7 Å². The van der Waals surface area contributed by atoms with Gasteiger partial charge in [0.1, 0.15) is 29.1 Å². The number of fused-ring (bicyclic) bond motifs is 5. The number of halogens is 8. The number of rotatable bonds is 10. The number of imidazole rings is 3. The first-order valence-corrected chi connectivity index (χ1v) is 38.8. The lowest BCUT2D eigenvalue weighted by Crippen LogP contribution is -1.93. The lowest BCUT2D eigenvalue weighted by atomic mass is 10.0. The van der Waals surface area contributed by atoms with Crippen molar-refractivity contribution in [3.05, 3.63) is 329 Å². The standard InChI is InChI=1S/C19H14FN3S.C18H12ClN3S.C18H11F3N4.C18H12F2N4.C18H13FN4/c1-11-9-13(3-5-15(11)20)18-19(24-12(2)23-18)14-4-6-16-17(10-14)22-8-7-21-16;1-11-22-17(12-3-2-4-14(19)9-12)18(23-11)13-5-6-15-16(10-13)21-8-7-20-15;1-9-24-17(10-2-3-14-15(8-10)23-5-4-22-14)18(25-9)11-6-12(19)16(21)13(20)7-11;1-10-23-17(11-2-4-13(19)14(20)8-11)18(24-10)12-3-5-15-16(9-12)22-7-6-21-15;1-11-22-17(12-2-5-14(19)6-3-12)18(23-11)13-4-7-15-16(10-13)21-9-8-20-15/h3-10H,1-2H3;2-10H,1H3;2-8H,1H3,(H,24,25);2-9H,1H3,(H,23,24);2-10H,1H3,(H,22,23). The van der Waals surface area contributed by atoms with Crippen LogP contribution < -0.4 is 0 Å². The van der Waals surface area contributed by atoms with Crippen LogP contribution in [0.1, 0.15) is 33.1 Å². The predicted molar refractivity (Wildman–Crippen MR) is 453 cm³/mol. The molecule has 0 aliphatic heterocycles. The quantitative estimate of drug-likeness (QED) is 0.0852. The lowest BCUT2D eigenvalue weighted by molar-refractivity contribution is 0.447. The summed E-state index contributed by atoms with van der Waals surface area (Å²) in [6.45, 7) is 11.2. The third-order valence-corrected chi connectivity index (χ3v) is 21.0. The fraction of sp³-hybridized carbons (Fsp3) is 0.0659. The second-order valence-corrected chi connectivity index (χ2v) is 30.0. The molecule has 18 nitrogen and oxygen atoms in total. The highest BCUT2D eigenvalue weighted by atomic mass is 35.5. The number of hydrogen-bond donors (Lipinski definition) is 3. The van der Waals surface area contributed by atoms with Crippen molar-refractivity contribution in [1.29, 1.82) is 0 Å². The van der Waals surface area contributed by atoms with Gasteiger partial charge in [0.25, 0.3) is 0 Å². The number of hydrogen-bond acceptors (Lipinski definition) is 17. The average molecular weight is 1640 g/mol. The largest absolute Gasteiger partial charge is 0.342 e. The Morgan fingerprint density at radius 3 is 0.992 bits per heavy atom. The van der Waals surface area contributed by atoms with Crippen molar-refractivity contribution >= 4 is 89.4 Å². The fourth-order valence-electron chi connectivity index (χ4n) is 13.3. The third kappa shape index (κ3) is 17.4. The molecule has 0 spiro atoms. The van der Waals surface area contributed by atoms with Crippen molar-refractivity contribution in [3.8, 4) is 111 Å². The summed E-state index contributed by atoms with van der Waals surface area (Å²) < 4.78 is 94.0. The van der Waals surface area contributed by atoms with Gasteiger partial charge in [-0.25, -0.2) is 55.7 Å². The van der Waals surface area contributed by atoms with Gasteiger partial charge in [0.2, 0.25) is 0 Å². The molecule has 0 amide bonds. The Hall–Kier alpha value is -14.4. The molecular weight excluding hydrogens is 1580 g/mol. The van der Waals surface area contributed by atoms with E-state index >= 15 is 0 Å². The van der Waals surface area contributed by atoms with Gasteiger partial charge in [0, 0.05) is 111 Å². The molecular formula is C91H62ClF7N18S2. The second kappa shape index (κ2) is 34.2. The highest BCUT2D eigenvalue weighted by Gasteiger charge is 2.22.